The van der Waals surface area contributed by atoms with Crippen molar-refractivity contribution in [1.29, 1.82) is 0 Å². The molecule has 0 N–H and O–H groups in total. The fourth-order valence-corrected chi connectivity index (χ4v) is 4.36. The van der Waals surface area contributed by atoms with E-state index in [0.29, 0.717) is 28.6 Å². The van der Waals surface area contributed by atoms with Crippen molar-refractivity contribution in [3.8, 4) is 23.0 Å². The van der Waals surface area contributed by atoms with Gasteiger partial charge in [0.1, 0.15) is 11.7 Å². The van der Waals surface area contributed by atoms with Crippen LogP contribution in [-0.2, 0) is 11.2 Å². The molecule has 0 spiro atoms. The lowest BCUT2D eigenvalue weighted by Gasteiger charge is -2.38. The Hall–Kier alpha value is -2.93. The highest BCUT2D eigenvalue weighted by Gasteiger charge is 2.44. The summed E-state index contributed by atoms with van der Waals surface area (Å²) in [5.74, 6) is 1.87. The summed E-state index contributed by atoms with van der Waals surface area (Å²) < 4.78 is 27.7. The van der Waals surface area contributed by atoms with Gasteiger partial charge in [-0.3, -0.25) is 4.90 Å². The van der Waals surface area contributed by atoms with Crippen molar-refractivity contribution >= 4 is 5.97 Å². The van der Waals surface area contributed by atoms with Crippen LogP contribution in [0.15, 0.2) is 24.3 Å². The van der Waals surface area contributed by atoms with Crippen LogP contribution in [0.1, 0.15) is 39.2 Å². The number of benzene rings is 2. The highest BCUT2D eigenvalue weighted by atomic mass is 16.6. The van der Waals surface area contributed by atoms with Crippen LogP contribution in [0.2, 0.25) is 0 Å². The van der Waals surface area contributed by atoms with E-state index >= 15 is 0 Å². The molecule has 2 heterocycles. The minimum Gasteiger partial charge on any atom is -0.493 e. The predicted octanol–water partition coefficient (Wildman–Crippen LogP) is 3.16. The van der Waals surface area contributed by atoms with Crippen LogP contribution in [0.3, 0.4) is 0 Å². The van der Waals surface area contributed by atoms with E-state index < -0.39 is 12.1 Å². The quantitative estimate of drug-likeness (QED) is 0.716. The van der Waals surface area contributed by atoms with Crippen molar-refractivity contribution < 1.29 is 28.5 Å². The van der Waals surface area contributed by atoms with E-state index in [1.165, 1.54) is 7.11 Å². The number of hydrogen-bond acceptors (Lipinski definition) is 7. The first-order valence-electron chi connectivity index (χ1n) is 9.44. The Labute approximate surface area is 170 Å². The summed E-state index contributed by atoms with van der Waals surface area (Å²) in [7, 11) is 8.36. The third-order valence-corrected chi connectivity index (χ3v) is 5.78. The minimum atomic E-state index is -0.459. The normalized spacial score (nSPS) is 20.5. The van der Waals surface area contributed by atoms with Crippen molar-refractivity contribution in [2.24, 2.45) is 0 Å². The number of cyclic esters (lactones) is 1. The van der Waals surface area contributed by atoms with Gasteiger partial charge >= 0.3 is 5.97 Å². The molecule has 0 saturated heterocycles. The average Bonchev–Trinajstić information content (AvgIpc) is 3.08. The second kappa shape index (κ2) is 7.48. The Balaban J connectivity index is 1.85. The number of carbonyl (C=O) groups excluding carboxylic acids is 1. The van der Waals surface area contributed by atoms with E-state index in [9.17, 15) is 4.79 Å². The van der Waals surface area contributed by atoms with Crippen LogP contribution in [0.25, 0.3) is 0 Å². The van der Waals surface area contributed by atoms with Crippen LogP contribution in [0.4, 0.5) is 0 Å². The van der Waals surface area contributed by atoms with Crippen molar-refractivity contribution in [3.63, 3.8) is 0 Å². The molecule has 154 valence electrons. The van der Waals surface area contributed by atoms with Crippen molar-refractivity contribution in [3.05, 3.63) is 46.5 Å². The SMILES string of the molecule is COc1cc2c(cc1OC)[C@@H]([C@H]1OC(=O)c3c1ccc(OC)c3OC)N(C)CC2. The molecule has 0 aliphatic carbocycles. The third kappa shape index (κ3) is 2.97. The Morgan fingerprint density at radius 1 is 0.931 bits per heavy atom. The van der Waals surface area contributed by atoms with E-state index in [2.05, 4.69) is 4.90 Å². The molecule has 2 aliphatic heterocycles. The second-order valence-electron chi connectivity index (χ2n) is 7.17. The number of hydrogen-bond donors (Lipinski definition) is 0. The number of ether oxygens (including phenoxy) is 5. The molecule has 2 aromatic rings. The zero-order valence-electron chi connectivity index (χ0n) is 17.3. The molecule has 4 rings (SSSR count). The van der Waals surface area contributed by atoms with E-state index in [-0.39, 0.29) is 6.04 Å². The minimum absolute atomic E-state index is 0.151. The summed E-state index contributed by atoms with van der Waals surface area (Å²) in [5.41, 5.74) is 3.46. The maximum Gasteiger partial charge on any atom is 0.343 e. The monoisotopic (exact) mass is 399 g/mol. The average molecular weight is 399 g/mol. The molecule has 2 aromatic carbocycles. The molecule has 2 atom stereocenters. The van der Waals surface area contributed by atoms with Crippen LogP contribution in [0.5, 0.6) is 23.0 Å². The fraction of sp³-hybridized carbons (Fsp3) is 0.409. The molecule has 7 nitrogen and oxygen atoms in total. The van der Waals surface area contributed by atoms with Gasteiger partial charge in [-0.2, -0.15) is 0 Å². The number of methoxy groups -OCH3 is 4. The van der Waals surface area contributed by atoms with Crippen molar-refractivity contribution in [2.75, 3.05) is 42.0 Å². The summed E-state index contributed by atoms with van der Waals surface area (Å²) in [5, 5.41) is 0. The molecule has 7 heteroatoms. The molecule has 0 saturated carbocycles. The van der Waals surface area contributed by atoms with Gasteiger partial charge in [0, 0.05) is 12.1 Å². The van der Waals surface area contributed by atoms with E-state index in [0.717, 1.165) is 29.7 Å². The number of nitrogens with zero attached hydrogens (tertiary/aromatic N) is 1. The first-order valence-corrected chi connectivity index (χ1v) is 9.44. The highest BCUT2D eigenvalue weighted by molar-refractivity contribution is 5.98. The molecule has 2 aliphatic rings. The summed E-state index contributed by atoms with van der Waals surface area (Å²) in [6, 6.07) is 7.55. The van der Waals surface area contributed by atoms with Crippen LogP contribution >= 0.6 is 0 Å². The number of esters is 1. The summed E-state index contributed by atoms with van der Waals surface area (Å²) in [6.07, 6.45) is 0.418. The van der Waals surface area contributed by atoms with Gasteiger partial charge in [0.15, 0.2) is 23.0 Å². The Morgan fingerprint density at radius 3 is 2.28 bits per heavy atom. The van der Waals surface area contributed by atoms with Crippen LogP contribution < -0.4 is 18.9 Å². The molecule has 0 unspecified atom stereocenters. The molecule has 0 aromatic heterocycles. The number of carbonyl (C=O) groups is 1. The lowest BCUT2D eigenvalue weighted by atomic mass is 9.86. The lowest BCUT2D eigenvalue weighted by Crippen LogP contribution is -2.36. The maximum absolute atomic E-state index is 12.8. The lowest BCUT2D eigenvalue weighted by molar-refractivity contribution is 0.00931. The van der Waals surface area contributed by atoms with E-state index in [1.807, 2.05) is 31.3 Å². The van der Waals surface area contributed by atoms with Crippen molar-refractivity contribution in [1.82, 2.24) is 4.90 Å². The Kier molecular flexibility index (Phi) is 5.00. The zero-order chi connectivity index (χ0) is 20.7. The second-order valence-corrected chi connectivity index (χ2v) is 7.17. The first kappa shape index (κ1) is 19.4. The number of rotatable bonds is 5. The third-order valence-electron chi connectivity index (χ3n) is 5.78. The predicted molar refractivity (Wildman–Crippen MR) is 106 cm³/mol. The fourth-order valence-electron chi connectivity index (χ4n) is 4.36. The molecular formula is C22H25NO6. The molecule has 0 amide bonds. The first-order chi connectivity index (χ1) is 14.0. The van der Waals surface area contributed by atoms with Crippen LogP contribution in [-0.4, -0.2) is 52.9 Å². The zero-order valence-corrected chi connectivity index (χ0v) is 17.3. The molecule has 29 heavy (non-hydrogen) atoms. The molecular weight excluding hydrogens is 374 g/mol. The van der Waals surface area contributed by atoms with Crippen LogP contribution in [0, 0.1) is 0 Å². The van der Waals surface area contributed by atoms with Crippen molar-refractivity contribution in [2.45, 2.75) is 18.6 Å². The Bertz CT molecular complexity index is 957. The summed E-state index contributed by atoms with van der Waals surface area (Å²) >= 11 is 0. The van der Waals surface area contributed by atoms with Gasteiger partial charge in [-0.15, -0.1) is 0 Å². The van der Waals surface area contributed by atoms with Gasteiger partial charge in [0.25, 0.3) is 0 Å². The smallest absolute Gasteiger partial charge is 0.343 e. The molecule has 0 fully saturated rings. The van der Waals surface area contributed by atoms with Gasteiger partial charge in [-0.25, -0.2) is 4.79 Å². The summed E-state index contributed by atoms with van der Waals surface area (Å²) in [4.78, 5) is 15.0. The largest absolute Gasteiger partial charge is 0.493 e. The highest BCUT2D eigenvalue weighted by Crippen LogP contribution is 2.50. The van der Waals surface area contributed by atoms with E-state index in [1.54, 1.807) is 21.3 Å². The number of fused-ring (bicyclic) bond motifs is 2. The topological polar surface area (TPSA) is 66.5 Å². The number of likely N-dealkylation sites (N-methyl/N-ethyl adjacent to an activating group) is 1. The van der Waals surface area contributed by atoms with Gasteiger partial charge in [-0.1, -0.05) is 6.07 Å². The van der Waals surface area contributed by atoms with Gasteiger partial charge in [0.05, 0.1) is 34.5 Å². The van der Waals surface area contributed by atoms with Gasteiger partial charge in [0.2, 0.25) is 0 Å². The summed E-state index contributed by atoms with van der Waals surface area (Å²) in [6.45, 7) is 0.837. The standard InChI is InChI=1S/C22H25NO6/c1-23-9-8-12-10-16(26-3)17(27-4)11-14(12)19(23)20-13-6-7-15(25-2)21(28-5)18(13)22(24)29-20/h6-7,10-11,19-20H,8-9H2,1-5H3/t19-,20-/m0/s1. The van der Waals surface area contributed by atoms with Gasteiger partial charge in [-0.05, 0) is 42.8 Å². The van der Waals surface area contributed by atoms with Gasteiger partial charge < -0.3 is 23.7 Å². The Morgan fingerprint density at radius 2 is 1.62 bits per heavy atom. The van der Waals surface area contributed by atoms with E-state index in [4.69, 9.17) is 23.7 Å². The molecule has 0 bridgehead atoms. The molecule has 0 radical (unpaired) electrons. The maximum atomic E-state index is 12.8.